The summed E-state index contributed by atoms with van der Waals surface area (Å²) in [5.41, 5.74) is 0.412. The lowest BCUT2D eigenvalue weighted by molar-refractivity contribution is 0.0510. The molecule has 13 heavy (non-hydrogen) atoms. The third-order valence-electron chi connectivity index (χ3n) is 1.25. The molecule has 0 rings (SSSR count). The van der Waals surface area contributed by atoms with Crippen LogP contribution in [0.15, 0.2) is 12.2 Å². The van der Waals surface area contributed by atoms with Gasteiger partial charge in [-0.3, -0.25) is 0 Å². The fourth-order valence-corrected chi connectivity index (χ4v) is 0.614. The molecule has 0 spiro atoms. The van der Waals surface area contributed by atoms with Gasteiger partial charge in [0.1, 0.15) is 0 Å². The minimum Gasteiger partial charge on any atom is -0.396 e. The van der Waals surface area contributed by atoms with Crippen LogP contribution >= 0.6 is 0 Å². The highest BCUT2D eigenvalue weighted by Gasteiger charge is 1.92. The molecule has 0 aromatic carbocycles. The first-order valence-electron chi connectivity index (χ1n) is 4.15. The van der Waals surface area contributed by atoms with Crippen molar-refractivity contribution >= 4 is 0 Å². The number of ether oxygens (including phenoxy) is 2. The molecular formula is C9H15NO3. The largest absolute Gasteiger partial charge is 0.396 e. The second-order valence-electron chi connectivity index (χ2n) is 2.46. The van der Waals surface area contributed by atoms with Crippen LogP contribution in [0, 0.1) is 11.3 Å². The molecule has 0 amide bonds. The van der Waals surface area contributed by atoms with Crippen LogP contribution in [-0.2, 0) is 9.47 Å². The Morgan fingerprint density at radius 2 is 2.00 bits per heavy atom. The molecule has 4 nitrogen and oxygen atoms in total. The van der Waals surface area contributed by atoms with Crippen molar-refractivity contribution in [2.45, 2.75) is 6.42 Å². The third-order valence-corrected chi connectivity index (χ3v) is 1.25. The zero-order valence-corrected chi connectivity index (χ0v) is 7.66. The molecular weight excluding hydrogens is 170 g/mol. The zero-order chi connectivity index (χ0) is 9.94. The molecule has 0 heterocycles. The summed E-state index contributed by atoms with van der Waals surface area (Å²) in [6.45, 7) is 5.35. The summed E-state index contributed by atoms with van der Waals surface area (Å²) >= 11 is 0. The number of hydrogen-bond donors (Lipinski definition) is 1. The molecule has 0 saturated heterocycles. The van der Waals surface area contributed by atoms with Crippen LogP contribution in [0.3, 0.4) is 0 Å². The fourth-order valence-electron chi connectivity index (χ4n) is 0.614. The van der Waals surface area contributed by atoms with E-state index in [9.17, 15) is 0 Å². The number of nitriles is 1. The maximum absolute atomic E-state index is 8.41. The monoisotopic (exact) mass is 185 g/mol. The second-order valence-corrected chi connectivity index (χ2v) is 2.46. The molecule has 4 heteroatoms. The van der Waals surface area contributed by atoms with E-state index >= 15 is 0 Å². The normalized spacial score (nSPS) is 9.54. The highest BCUT2D eigenvalue weighted by Crippen LogP contribution is 1.88. The van der Waals surface area contributed by atoms with Gasteiger partial charge in [-0.1, -0.05) is 6.58 Å². The lowest BCUT2D eigenvalue weighted by atomic mass is 10.4. The van der Waals surface area contributed by atoms with Gasteiger partial charge < -0.3 is 14.6 Å². The summed E-state index contributed by atoms with van der Waals surface area (Å²) in [6.07, 6.45) is 0.644. The average molecular weight is 185 g/mol. The number of aliphatic hydroxyl groups excluding tert-OH is 1. The van der Waals surface area contributed by atoms with E-state index in [-0.39, 0.29) is 13.2 Å². The Balaban J connectivity index is 3.00. The fraction of sp³-hybridized carbons (Fsp3) is 0.667. The Morgan fingerprint density at radius 3 is 2.62 bits per heavy atom. The highest BCUT2D eigenvalue weighted by atomic mass is 16.5. The van der Waals surface area contributed by atoms with Gasteiger partial charge in [-0.05, 0) is 6.42 Å². The summed E-state index contributed by atoms with van der Waals surface area (Å²) in [4.78, 5) is 0. The van der Waals surface area contributed by atoms with Crippen LogP contribution in [-0.4, -0.2) is 38.1 Å². The van der Waals surface area contributed by atoms with Crippen LogP contribution < -0.4 is 0 Å². The zero-order valence-electron chi connectivity index (χ0n) is 7.66. The first kappa shape index (κ1) is 12.1. The average Bonchev–Trinajstić information content (AvgIpc) is 2.16. The van der Waals surface area contributed by atoms with Gasteiger partial charge in [0.25, 0.3) is 0 Å². The van der Waals surface area contributed by atoms with E-state index in [1.165, 1.54) is 0 Å². The van der Waals surface area contributed by atoms with Crippen LogP contribution in [0.2, 0.25) is 0 Å². The number of nitrogens with zero attached hydrogens (tertiary/aromatic N) is 1. The van der Waals surface area contributed by atoms with Crippen LogP contribution in [0.4, 0.5) is 0 Å². The van der Waals surface area contributed by atoms with Crippen LogP contribution in [0.1, 0.15) is 6.42 Å². The maximum atomic E-state index is 8.41. The summed E-state index contributed by atoms with van der Waals surface area (Å²) in [5, 5.41) is 16.7. The molecule has 0 aliphatic carbocycles. The molecule has 0 bridgehead atoms. The van der Waals surface area contributed by atoms with Crippen molar-refractivity contribution in [3.63, 3.8) is 0 Å². The van der Waals surface area contributed by atoms with Crippen molar-refractivity contribution in [1.29, 1.82) is 5.26 Å². The smallest absolute Gasteiger partial charge is 0.0965 e. The Labute approximate surface area is 78.4 Å². The summed E-state index contributed by atoms with van der Waals surface area (Å²) in [7, 11) is 0. The van der Waals surface area contributed by atoms with E-state index in [1.54, 1.807) is 0 Å². The summed E-state index contributed by atoms with van der Waals surface area (Å²) < 4.78 is 10.1. The van der Waals surface area contributed by atoms with Gasteiger partial charge in [0, 0.05) is 18.8 Å². The Kier molecular flexibility index (Phi) is 8.57. The molecule has 0 aromatic rings. The minimum atomic E-state index is 0.145. The van der Waals surface area contributed by atoms with E-state index in [0.29, 0.717) is 31.8 Å². The molecule has 0 saturated carbocycles. The molecule has 0 atom stereocenters. The van der Waals surface area contributed by atoms with E-state index in [4.69, 9.17) is 19.8 Å². The lowest BCUT2D eigenvalue weighted by Gasteiger charge is -2.03. The van der Waals surface area contributed by atoms with Gasteiger partial charge in [0.05, 0.1) is 25.9 Å². The van der Waals surface area contributed by atoms with Gasteiger partial charge in [-0.2, -0.15) is 5.26 Å². The Hall–Kier alpha value is -0.890. The van der Waals surface area contributed by atoms with Gasteiger partial charge in [-0.25, -0.2) is 0 Å². The van der Waals surface area contributed by atoms with E-state index < -0.39 is 0 Å². The summed E-state index contributed by atoms with van der Waals surface area (Å²) in [5.74, 6) is 0. The highest BCUT2D eigenvalue weighted by molar-refractivity contribution is 5.15. The van der Waals surface area contributed by atoms with E-state index in [1.807, 2.05) is 6.07 Å². The lowest BCUT2D eigenvalue weighted by Crippen LogP contribution is -2.07. The first-order valence-corrected chi connectivity index (χ1v) is 4.15. The van der Waals surface area contributed by atoms with Crippen molar-refractivity contribution in [1.82, 2.24) is 0 Å². The van der Waals surface area contributed by atoms with Gasteiger partial charge in [0.2, 0.25) is 0 Å². The van der Waals surface area contributed by atoms with Crippen LogP contribution in [0.25, 0.3) is 0 Å². The molecule has 0 unspecified atom stereocenters. The van der Waals surface area contributed by atoms with E-state index in [2.05, 4.69) is 6.58 Å². The quantitative estimate of drug-likeness (QED) is 0.441. The van der Waals surface area contributed by atoms with Crippen molar-refractivity contribution < 1.29 is 14.6 Å². The molecule has 1 N–H and O–H groups in total. The Morgan fingerprint density at radius 1 is 1.31 bits per heavy atom. The van der Waals surface area contributed by atoms with Gasteiger partial charge >= 0.3 is 0 Å². The standard InChI is InChI=1S/C9H15NO3/c1-9(7-10)8-13-6-5-12-4-2-3-11/h11H,1-6,8H2. The minimum absolute atomic E-state index is 0.145. The molecule has 0 fully saturated rings. The van der Waals surface area contributed by atoms with E-state index in [0.717, 1.165) is 0 Å². The molecule has 0 aromatic heterocycles. The molecule has 0 radical (unpaired) electrons. The maximum Gasteiger partial charge on any atom is 0.0965 e. The topological polar surface area (TPSA) is 62.5 Å². The number of rotatable bonds is 8. The van der Waals surface area contributed by atoms with Crippen molar-refractivity contribution in [3.8, 4) is 6.07 Å². The van der Waals surface area contributed by atoms with Gasteiger partial charge in [-0.15, -0.1) is 0 Å². The molecule has 0 aliphatic heterocycles. The predicted octanol–water partition coefficient (Wildman–Crippen LogP) is 0.482. The second kappa shape index (κ2) is 9.20. The number of hydrogen-bond acceptors (Lipinski definition) is 4. The van der Waals surface area contributed by atoms with Crippen LogP contribution in [0.5, 0.6) is 0 Å². The summed E-state index contributed by atoms with van der Waals surface area (Å²) in [6, 6.07) is 1.88. The Bertz CT molecular complexity index is 174. The van der Waals surface area contributed by atoms with Gasteiger partial charge in [0.15, 0.2) is 0 Å². The predicted molar refractivity (Wildman–Crippen MR) is 48.1 cm³/mol. The first-order chi connectivity index (χ1) is 6.31. The van der Waals surface area contributed by atoms with Crippen molar-refractivity contribution in [2.24, 2.45) is 0 Å². The van der Waals surface area contributed by atoms with Crippen molar-refractivity contribution in [3.05, 3.63) is 12.2 Å². The SMILES string of the molecule is C=C(C#N)COCCOCCCO. The number of aliphatic hydroxyl groups is 1. The molecule has 74 valence electrons. The van der Waals surface area contributed by atoms with Crippen molar-refractivity contribution in [2.75, 3.05) is 33.0 Å². The third kappa shape index (κ3) is 9.02. The molecule has 0 aliphatic rings.